The Bertz CT molecular complexity index is 744. The number of nitrogens with zero attached hydrogens (tertiary/aromatic N) is 3. The Labute approximate surface area is 146 Å². The molecule has 0 spiro atoms. The maximum atomic E-state index is 12.3. The second kappa shape index (κ2) is 7.38. The molecule has 1 aliphatic rings. The van der Waals surface area contributed by atoms with E-state index in [4.69, 9.17) is 4.74 Å². The highest BCUT2D eigenvalue weighted by Gasteiger charge is 2.37. The molecule has 2 atom stereocenters. The van der Waals surface area contributed by atoms with E-state index in [-0.39, 0.29) is 30.5 Å². The van der Waals surface area contributed by atoms with E-state index in [2.05, 4.69) is 10.3 Å². The number of para-hydroxylation sites is 1. The fourth-order valence-corrected chi connectivity index (χ4v) is 3.16. The number of likely N-dealkylation sites (tertiary alicyclic amines) is 1. The predicted molar refractivity (Wildman–Crippen MR) is 91.8 cm³/mol. The molecule has 1 aliphatic heterocycles. The minimum Gasteiger partial charge on any atom is -0.484 e. The van der Waals surface area contributed by atoms with Gasteiger partial charge in [-0.15, -0.1) is 0 Å². The molecule has 1 aromatic carbocycles. The van der Waals surface area contributed by atoms with Gasteiger partial charge in [-0.1, -0.05) is 18.2 Å². The largest absolute Gasteiger partial charge is 0.484 e. The summed E-state index contributed by atoms with van der Waals surface area (Å²) in [6.45, 7) is -0.0592. The van der Waals surface area contributed by atoms with Gasteiger partial charge in [-0.05, 0) is 18.6 Å². The highest BCUT2D eigenvalue weighted by Crippen LogP contribution is 2.30. The number of carbonyl (C=O) groups excluding carboxylic acids is 2. The molecule has 2 amide bonds. The molecule has 132 valence electrons. The highest BCUT2D eigenvalue weighted by molar-refractivity contribution is 5.80. The van der Waals surface area contributed by atoms with Crippen LogP contribution in [0.2, 0.25) is 0 Å². The van der Waals surface area contributed by atoms with E-state index in [1.807, 2.05) is 29.8 Å². The predicted octanol–water partition coefficient (Wildman–Crippen LogP) is 1.28. The third-order valence-corrected chi connectivity index (χ3v) is 4.48. The Morgan fingerprint density at radius 2 is 2.08 bits per heavy atom. The lowest BCUT2D eigenvalue weighted by atomic mass is 9.93. The van der Waals surface area contributed by atoms with E-state index in [1.54, 1.807) is 36.6 Å². The molecule has 2 heterocycles. The summed E-state index contributed by atoms with van der Waals surface area (Å²) in [7, 11) is 3.64. The minimum absolute atomic E-state index is 0.0592. The molecular weight excluding hydrogens is 320 g/mol. The highest BCUT2D eigenvalue weighted by atomic mass is 16.5. The van der Waals surface area contributed by atoms with Crippen molar-refractivity contribution in [2.45, 2.75) is 24.9 Å². The third-order valence-electron chi connectivity index (χ3n) is 4.48. The van der Waals surface area contributed by atoms with E-state index in [1.165, 1.54) is 0 Å². The van der Waals surface area contributed by atoms with Crippen molar-refractivity contribution in [3.05, 3.63) is 48.5 Å². The lowest BCUT2D eigenvalue weighted by Crippen LogP contribution is -2.52. The van der Waals surface area contributed by atoms with Gasteiger partial charge in [0.1, 0.15) is 5.75 Å². The molecule has 0 radical (unpaired) electrons. The number of likely N-dealkylation sites (N-methyl/N-ethyl adjacent to an activating group) is 1. The SMILES string of the molecule is CN1C(=O)CC[C@@H](NC(=O)COc2ccccc2)[C@@H]1c1cncn1C. The Hall–Kier alpha value is -2.83. The molecule has 0 unspecified atom stereocenters. The first-order chi connectivity index (χ1) is 12.1. The number of aryl methyl sites for hydroxylation is 1. The summed E-state index contributed by atoms with van der Waals surface area (Å²) in [5, 5.41) is 3.01. The standard InChI is InChI=1S/C18H22N4O3/c1-21-12-19-10-15(21)18-14(8-9-17(24)22(18)2)20-16(23)11-25-13-6-4-3-5-7-13/h3-7,10,12,14,18H,8-9,11H2,1-2H3,(H,20,23)/t14-,18-/m1/s1. The number of imidazole rings is 1. The number of hydrogen-bond acceptors (Lipinski definition) is 4. The van der Waals surface area contributed by atoms with E-state index >= 15 is 0 Å². The molecule has 0 saturated carbocycles. The number of amides is 2. The molecular formula is C18H22N4O3. The summed E-state index contributed by atoms with van der Waals surface area (Å²) < 4.78 is 7.37. The molecule has 1 saturated heterocycles. The van der Waals surface area contributed by atoms with E-state index in [0.717, 1.165) is 5.69 Å². The van der Waals surface area contributed by atoms with E-state index in [9.17, 15) is 9.59 Å². The summed E-state index contributed by atoms with van der Waals surface area (Å²) >= 11 is 0. The second-order valence-electron chi connectivity index (χ2n) is 6.19. The molecule has 3 rings (SSSR count). The Morgan fingerprint density at radius 3 is 2.76 bits per heavy atom. The van der Waals surface area contributed by atoms with Crippen LogP contribution in [0.5, 0.6) is 5.75 Å². The van der Waals surface area contributed by atoms with Crippen molar-refractivity contribution in [1.82, 2.24) is 19.8 Å². The van der Waals surface area contributed by atoms with Crippen molar-refractivity contribution in [3.63, 3.8) is 0 Å². The maximum absolute atomic E-state index is 12.3. The number of benzene rings is 1. The zero-order valence-corrected chi connectivity index (χ0v) is 14.4. The molecule has 7 nitrogen and oxygen atoms in total. The molecule has 1 fully saturated rings. The second-order valence-corrected chi connectivity index (χ2v) is 6.19. The van der Waals surface area contributed by atoms with Crippen molar-refractivity contribution >= 4 is 11.8 Å². The summed E-state index contributed by atoms with van der Waals surface area (Å²) in [5.74, 6) is 0.512. The molecule has 0 bridgehead atoms. The van der Waals surface area contributed by atoms with Gasteiger partial charge in [0.15, 0.2) is 6.61 Å². The van der Waals surface area contributed by atoms with Gasteiger partial charge in [-0.3, -0.25) is 9.59 Å². The first-order valence-electron chi connectivity index (χ1n) is 8.25. The Balaban J connectivity index is 1.67. The lowest BCUT2D eigenvalue weighted by molar-refractivity contribution is -0.138. The van der Waals surface area contributed by atoms with E-state index < -0.39 is 0 Å². The normalized spacial score (nSPS) is 20.4. The average molecular weight is 342 g/mol. The third kappa shape index (κ3) is 3.81. The van der Waals surface area contributed by atoms with Crippen LogP contribution in [0, 0.1) is 0 Å². The molecule has 2 aromatic rings. The van der Waals surface area contributed by atoms with Crippen LogP contribution in [0.4, 0.5) is 0 Å². The summed E-state index contributed by atoms with van der Waals surface area (Å²) in [5.41, 5.74) is 0.893. The zero-order chi connectivity index (χ0) is 17.8. The molecule has 0 aliphatic carbocycles. The smallest absolute Gasteiger partial charge is 0.258 e. The van der Waals surface area contributed by atoms with Gasteiger partial charge in [0, 0.05) is 20.5 Å². The molecule has 1 aromatic heterocycles. The van der Waals surface area contributed by atoms with Crippen LogP contribution >= 0.6 is 0 Å². The van der Waals surface area contributed by atoms with Crippen LogP contribution < -0.4 is 10.1 Å². The number of ether oxygens (including phenoxy) is 1. The van der Waals surface area contributed by atoms with Gasteiger partial charge < -0.3 is 19.5 Å². The molecule has 25 heavy (non-hydrogen) atoms. The van der Waals surface area contributed by atoms with Gasteiger partial charge in [0.2, 0.25) is 5.91 Å². The Kier molecular flexibility index (Phi) is 5.02. The topological polar surface area (TPSA) is 76.5 Å². The van der Waals surface area contributed by atoms with Crippen LogP contribution in [-0.2, 0) is 16.6 Å². The molecule has 7 heteroatoms. The monoisotopic (exact) mass is 342 g/mol. The van der Waals surface area contributed by atoms with Crippen LogP contribution in [0.25, 0.3) is 0 Å². The van der Waals surface area contributed by atoms with Crippen LogP contribution in [-0.4, -0.2) is 46.0 Å². The van der Waals surface area contributed by atoms with Crippen molar-refractivity contribution in [1.29, 1.82) is 0 Å². The number of nitrogens with one attached hydrogen (secondary N) is 1. The number of rotatable bonds is 5. The van der Waals surface area contributed by atoms with Gasteiger partial charge in [0.05, 0.1) is 30.3 Å². The van der Waals surface area contributed by atoms with Gasteiger partial charge >= 0.3 is 0 Å². The number of carbonyl (C=O) groups is 2. The minimum atomic E-state index is -0.241. The number of hydrogen-bond donors (Lipinski definition) is 1. The van der Waals surface area contributed by atoms with Gasteiger partial charge in [-0.2, -0.15) is 0 Å². The summed E-state index contributed by atoms with van der Waals surface area (Å²) in [6, 6.07) is 8.79. The Morgan fingerprint density at radius 1 is 1.32 bits per heavy atom. The quantitative estimate of drug-likeness (QED) is 0.888. The van der Waals surface area contributed by atoms with Crippen LogP contribution in [0.1, 0.15) is 24.6 Å². The number of piperidine rings is 1. The summed E-state index contributed by atoms with van der Waals surface area (Å²) in [6.07, 6.45) is 4.43. The van der Waals surface area contributed by atoms with Crippen molar-refractivity contribution in [2.24, 2.45) is 7.05 Å². The van der Waals surface area contributed by atoms with Crippen LogP contribution in [0.15, 0.2) is 42.9 Å². The van der Waals surface area contributed by atoms with E-state index in [0.29, 0.717) is 18.6 Å². The van der Waals surface area contributed by atoms with Gasteiger partial charge in [0.25, 0.3) is 5.91 Å². The maximum Gasteiger partial charge on any atom is 0.258 e. The van der Waals surface area contributed by atoms with Crippen molar-refractivity contribution in [3.8, 4) is 5.75 Å². The average Bonchev–Trinajstić information content (AvgIpc) is 3.03. The van der Waals surface area contributed by atoms with Crippen molar-refractivity contribution in [2.75, 3.05) is 13.7 Å². The van der Waals surface area contributed by atoms with Gasteiger partial charge in [-0.25, -0.2) is 4.98 Å². The number of aromatic nitrogens is 2. The van der Waals surface area contributed by atoms with Crippen LogP contribution in [0.3, 0.4) is 0 Å². The fraction of sp³-hybridized carbons (Fsp3) is 0.389. The van der Waals surface area contributed by atoms with Crippen molar-refractivity contribution < 1.29 is 14.3 Å². The molecule has 1 N–H and O–H groups in total. The lowest BCUT2D eigenvalue weighted by Gasteiger charge is -2.39. The zero-order valence-electron chi connectivity index (χ0n) is 14.4. The first kappa shape index (κ1) is 17.0. The summed E-state index contributed by atoms with van der Waals surface area (Å²) in [4.78, 5) is 30.2. The fourth-order valence-electron chi connectivity index (χ4n) is 3.16. The first-order valence-corrected chi connectivity index (χ1v) is 8.25.